The van der Waals surface area contributed by atoms with Gasteiger partial charge < -0.3 is 39.5 Å². The Balaban J connectivity index is 0.735. The van der Waals surface area contributed by atoms with Crippen molar-refractivity contribution in [3.05, 3.63) is 159 Å². The monoisotopic (exact) mass is 1260 g/mol. The van der Waals surface area contributed by atoms with Crippen molar-refractivity contribution in [2.75, 3.05) is 96.5 Å². The van der Waals surface area contributed by atoms with Crippen LogP contribution in [0.1, 0.15) is 114 Å². The highest BCUT2D eigenvalue weighted by atomic mass is 35.5. The number of urea groups is 1. The molecule has 2 aromatic heterocycles. The minimum absolute atomic E-state index is 0.00346. The predicted octanol–water partition coefficient (Wildman–Crippen LogP) is 11.4. The van der Waals surface area contributed by atoms with Crippen LogP contribution in [0, 0.1) is 11.3 Å². The molecule has 2 saturated heterocycles. The maximum atomic E-state index is 15.6. The highest BCUT2D eigenvalue weighted by molar-refractivity contribution is 6.30. The third-order valence-electron chi connectivity index (χ3n) is 18.3. The molecule has 3 fully saturated rings. The zero-order valence-electron chi connectivity index (χ0n) is 52.8. The number of hydrogen-bond acceptors (Lipinski definition) is 13. The highest BCUT2D eigenvalue weighted by Crippen LogP contribution is 2.54. The van der Waals surface area contributed by atoms with Crippen molar-refractivity contribution in [2.24, 2.45) is 4.99 Å². The van der Waals surface area contributed by atoms with E-state index in [4.69, 9.17) is 53.2 Å². The number of amidine groups is 1. The molecule has 2 bridgehead atoms. The Morgan fingerprint density at radius 2 is 1.59 bits per heavy atom. The quantitative estimate of drug-likeness (QED) is 0.0818. The number of rotatable bonds is 18. The van der Waals surface area contributed by atoms with E-state index in [1.807, 2.05) is 77.4 Å². The lowest BCUT2D eigenvalue weighted by atomic mass is 9.71. The molecule has 5 aromatic rings. The second kappa shape index (κ2) is 27.9. The molecule has 476 valence electrons. The van der Waals surface area contributed by atoms with E-state index < -0.39 is 16.9 Å². The summed E-state index contributed by atoms with van der Waals surface area (Å²) in [5, 5.41) is 16.9. The molecule has 1 saturated carbocycles. The number of aromatic nitrogens is 3. The fourth-order valence-corrected chi connectivity index (χ4v) is 13.0. The standard InChI is InChI=1S/C69H83Cl2FN12O6/c1-9-90-60-42-50(67(3,4)5)19-26-55(60)65-76-68(6,48-15-20-51(70)21-16-48)69(7,49-17-22-52(71)23-18-49)84(65)66(87)80-32-30-79(31-33-80)35-37-89-39-38-88-36-27-61(85)78(8)29-34-83-59(43-73)63-47-41-58(64(74)75-44-47)81-28-11-13-57(81)46(2)40-53(72)12-10-14-62(86)82(54-24-25-54)45-56(63)77-83/h10,12,15-23,26,40-42,44,54,57H,2,9,11,13-14,24-25,27-39,45H2,1,3-8H3,(H2,74,75)/b12-10-,53-40+/t57-,68+,69-/m1/s1. The molecule has 2 N–H and O–H groups in total. The summed E-state index contributed by atoms with van der Waals surface area (Å²) in [6.45, 7) is 22.7. The molecule has 3 atom stereocenters. The van der Waals surface area contributed by atoms with Crippen molar-refractivity contribution >= 4 is 58.4 Å². The van der Waals surface area contributed by atoms with Crippen LogP contribution < -0.4 is 15.4 Å². The van der Waals surface area contributed by atoms with Gasteiger partial charge >= 0.3 is 6.03 Å². The first-order valence-corrected chi connectivity index (χ1v) is 32.0. The summed E-state index contributed by atoms with van der Waals surface area (Å²) in [6.07, 6.45) is 9.24. The van der Waals surface area contributed by atoms with Crippen LogP contribution in [0.15, 0.2) is 120 Å². The molecule has 3 aromatic carbocycles. The highest BCUT2D eigenvalue weighted by Gasteiger charge is 2.60. The van der Waals surface area contributed by atoms with E-state index in [1.165, 1.54) is 18.2 Å². The molecule has 18 nitrogen and oxygen atoms in total. The molecule has 90 heavy (non-hydrogen) atoms. The van der Waals surface area contributed by atoms with Gasteiger partial charge in [0.15, 0.2) is 0 Å². The van der Waals surface area contributed by atoms with Crippen LogP contribution in [-0.2, 0) is 48.6 Å². The van der Waals surface area contributed by atoms with Crippen LogP contribution in [0.4, 0.5) is 20.7 Å². The van der Waals surface area contributed by atoms with Gasteiger partial charge in [0.05, 0.1) is 75.5 Å². The van der Waals surface area contributed by atoms with Gasteiger partial charge in [-0.25, -0.2) is 14.2 Å². The summed E-state index contributed by atoms with van der Waals surface area (Å²) in [4.78, 5) is 64.5. The molecular formula is C69H83Cl2FN12O6. The lowest BCUT2D eigenvalue weighted by Gasteiger charge is -2.47. The number of piperazine rings is 1. The average molecular weight is 1270 g/mol. The Bertz CT molecular complexity index is 3600. The Morgan fingerprint density at radius 3 is 2.26 bits per heavy atom. The molecule has 0 spiro atoms. The number of aliphatic imine (C=N–C) groups is 1. The van der Waals surface area contributed by atoms with Crippen LogP contribution >= 0.6 is 23.2 Å². The molecule has 4 aliphatic heterocycles. The van der Waals surface area contributed by atoms with Gasteiger partial charge in [0, 0.05) is 92.7 Å². The molecule has 6 heterocycles. The van der Waals surface area contributed by atoms with Gasteiger partial charge in [-0.3, -0.25) is 29.1 Å². The number of ether oxygens (including phenoxy) is 3. The summed E-state index contributed by atoms with van der Waals surface area (Å²) >= 11 is 13.0. The van der Waals surface area contributed by atoms with E-state index in [1.54, 1.807) is 27.7 Å². The number of amides is 4. The Morgan fingerprint density at radius 1 is 0.900 bits per heavy atom. The Kier molecular flexibility index (Phi) is 20.2. The number of likely N-dealkylation sites (N-methyl/N-ethyl adjacent to an activating group) is 1. The molecule has 1 aliphatic carbocycles. The van der Waals surface area contributed by atoms with Gasteiger partial charge in [-0.1, -0.05) is 87.0 Å². The third-order valence-corrected chi connectivity index (χ3v) is 18.8. The summed E-state index contributed by atoms with van der Waals surface area (Å²) in [5.74, 6) is 0.654. The van der Waals surface area contributed by atoms with E-state index in [2.05, 4.69) is 74.2 Å². The van der Waals surface area contributed by atoms with Crippen LogP contribution in [0.25, 0.3) is 11.1 Å². The molecular weight excluding hydrogens is 1180 g/mol. The third kappa shape index (κ3) is 14.0. The van der Waals surface area contributed by atoms with Gasteiger partial charge in [0.25, 0.3) is 0 Å². The van der Waals surface area contributed by atoms with E-state index in [0.29, 0.717) is 121 Å². The number of nitrogen functional groups attached to an aromatic ring is 1. The number of carbonyl (C=O) groups is 3. The molecule has 4 amide bonds. The van der Waals surface area contributed by atoms with Crippen LogP contribution in [0.5, 0.6) is 5.75 Å². The number of halogens is 3. The van der Waals surface area contributed by atoms with Crippen molar-refractivity contribution < 1.29 is 33.0 Å². The van der Waals surface area contributed by atoms with Crippen LogP contribution in [0.2, 0.25) is 10.0 Å². The first-order chi connectivity index (χ1) is 43.1. The van der Waals surface area contributed by atoms with E-state index in [-0.39, 0.29) is 80.1 Å². The summed E-state index contributed by atoms with van der Waals surface area (Å²) in [6, 6.07) is 25.4. The maximum absolute atomic E-state index is 15.6. The van der Waals surface area contributed by atoms with Crippen molar-refractivity contribution in [3.8, 4) is 22.9 Å². The second-order valence-corrected chi connectivity index (χ2v) is 26.0. The maximum Gasteiger partial charge on any atom is 0.326 e. The lowest BCUT2D eigenvalue weighted by molar-refractivity contribution is -0.132. The van der Waals surface area contributed by atoms with Crippen LogP contribution in [-0.4, -0.2) is 161 Å². The predicted molar refractivity (Wildman–Crippen MR) is 350 cm³/mol. The fourth-order valence-electron chi connectivity index (χ4n) is 12.7. The zero-order chi connectivity index (χ0) is 64.1. The number of fused-ring (bicyclic) bond motifs is 6. The molecule has 0 unspecified atom stereocenters. The molecule has 10 rings (SSSR count). The lowest BCUT2D eigenvalue weighted by Crippen LogP contribution is -2.60. The van der Waals surface area contributed by atoms with Crippen molar-refractivity contribution in [3.63, 3.8) is 0 Å². The average Bonchev–Trinajstić information content (AvgIpc) is 1.52. The van der Waals surface area contributed by atoms with Crippen molar-refractivity contribution in [1.29, 1.82) is 5.26 Å². The van der Waals surface area contributed by atoms with Gasteiger partial charge in [-0.05, 0) is 129 Å². The fraction of sp³-hybridized carbons (Fsp3) is 0.464. The van der Waals surface area contributed by atoms with Gasteiger partial charge in [-0.15, -0.1) is 0 Å². The number of hydrogen-bond donors (Lipinski definition) is 1. The molecule has 0 radical (unpaired) electrons. The minimum atomic E-state index is -1.05. The zero-order valence-corrected chi connectivity index (χ0v) is 54.3. The molecule has 5 aliphatic rings. The smallest absolute Gasteiger partial charge is 0.326 e. The number of carbonyl (C=O) groups excluding carboxylic acids is 3. The number of pyridine rings is 1. The molecule has 21 heteroatoms. The normalized spacial score (nSPS) is 21.8. The number of allylic oxidation sites excluding steroid dienone is 2. The van der Waals surface area contributed by atoms with Gasteiger partial charge in [0.1, 0.15) is 46.1 Å². The first kappa shape index (κ1) is 65.4. The first-order valence-electron chi connectivity index (χ1n) is 31.3. The summed E-state index contributed by atoms with van der Waals surface area (Å²) in [7, 11) is 1.71. The second-order valence-electron chi connectivity index (χ2n) is 25.2. The van der Waals surface area contributed by atoms with Gasteiger partial charge in [0.2, 0.25) is 11.8 Å². The largest absolute Gasteiger partial charge is 0.493 e. The number of nitrogens with two attached hydrogens (primary N) is 1. The number of anilines is 2. The van der Waals surface area contributed by atoms with Crippen molar-refractivity contribution in [1.82, 2.24) is 39.3 Å². The van der Waals surface area contributed by atoms with Gasteiger partial charge in [-0.2, -0.15) is 10.4 Å². The number of benzene rings is 3. The van der Waals surface area contributed by atoms with Crippen LogP contribution in [0.3, 0.4) is 0 Å². The van der Waals surface area contributed by atoms with Crippen molar-refractivity contribution in [2.45, 2.75) is 122 Å². The SMILES string of the molecule is C=C1/C=C(F)\C=C/CC(=O)N(C2CC2)Cc2nn(CCN(C)C(=O)CCOCCOCCN3CCN(C(=O)N4C(c5ccc(C(C)(C)C)cc5OCC)=N[C@@](C)(c5ccc(Cl)cc5)[C@@]4(C)c4ccc(Cl)cc4)CC3)c(C#N)c2-c2cnc(N)c(c2)N2CCC[C@H]12. The van der Waals surface area contributed by atoms with E-state index in [9.17, 15) is 14.9 Å². The Hall–Kier alpha value is -7.60. The van der Waals surface area contributed by atoms with E-state index in [0.717, 1.165) is 47.9 Å². The Labute approximate surface area is 538 Å². The minimum Gasteiger partial charge on any atom is -0.493 e. The number of nitrogens with zero attached hydrogens (tertiary/aromatic N) is 11. The van der Waals surface area contributed by atoms with E-state index >= 15 is 9.18 Å². The topological polar surface area (TPSA) is 191 Å². The summed E-state index contributed by atoms with van der Waals surface area (Å²) in [5.41, 5.74) is 11.1. The number of nitriles is 1. The summed E-state index contributed by atoms with van der Waals surface area (Å²) < 4.78 is 35.1.